The molecule has 0 unspecified atom stereocenters. The summed E-state index contributed by atoms with van der Waals surface area (Å²) < 4.78 is 40.8. The molecule has 162 valence electrons. The van der Waals surface area contributed by atoms with Crippen LogP contribution in [-0.4, -0.2) is 31.5 Å². The molecule has 0 amide bonds. The summed E-state index contributed by atoms with van der Waals surface area (Å²) in [6.07, 6.45) is 2.32. The Balaban J connectivity index is 1.48. The summed E-state index contributed by atoms with van der Waals surface area (Å²) in [6, 6.07) is 11.9. The second-order valence-corrected chi connectivity index (χ2v) is 9.36. The summed E-state index contributed by atoms with van der Waals surface area (Å²) in [5.41, 5.74) is 1.93. The normalized spacial score (nSPS) is 14.0. The molecule has 2 aromatic carbocycles. The van der Waals surface area contributed by atoms with Crippen LogP contribution in [0.5, 0.6) is 0 Å². The fourth-order valence-corrected chi connectivity index (χ4v) is 4.65. The van der Waals surface area contributed by atoms with Crippen LogP contribution in [0.3, 0.4) is 0 Å². The molecule has 0 radical (unpaired) electrons. The van der Waals surface area contributed by atoms with E-state index in [2.05, 4.69) is 24.9 Å². The first-order valence-corrected chi connectivity index (χ1v) is 11.6. The zero-order chi connectivity index (χ0) is 22.0. The van der Waals surface area contributed by atoms with Crippen molar-refractivity contribution < 1.29 is 12.8 Å². The molecule has 7 nitrogen and oxygen atoms in total. The first kappa shape index (κ1) is 21.3. The van der Waals surface area contributed by atoms with Gasteiger partial charge in [-0.3, -0.25) is 4.72 Å². The molecule has 0 atom stereocenters. The van der Waals surface area contributed by atoms with Gasteiger partial charge in [-0.1, -0.05) is 11.6 Å². The van der Waals surface area contributed by atoms with Crippen molar-refractivity contribution in [2.24, 2.45) is 0 Å². The molecule has 31 heavy (non-hydrogen) atoms. The van der Waals surface area contributed by atoms with Gasteiger partial charge in [0, 0.05) is 36.2 Å². The van der Waals surface area contributed by atoms with Crippen molar-refractivity contribution in [2.45, 2.75) is 24.7 Å². The highest BCUT2D eigenvalue weighted by Gasteiger charge is 2.17. The Hall–Kier alpha value is -2.91. The van der Waals surface area contributed by atoms with Gasteiger partial charge in [-0.25, -0.2) is 17.8 Å². The Morgan fingerprint density at radius 3 is 2.35 bits per heavy atom. The van der Waals surface area contributed by atoms with Crippen molar-refractivity contribution in [1.82, 2.24) is 9.97 Å². The van der Waals surface area contributed by atoms with E-state index < -0.39 is 15.8 Å². The monoisotopic (exact) mass is 461 g/mol. The number of anilines is 4. The van der Waals surface area contributed by atoms with Crippen LogP contribution >= 0.6 is 11.6 Å². The smallest absolute Gasteiger partial charge is 0.261 e. The van der Waals surface area contributed by atoms with Crippen LogP contribution in [0.15, 0.2) is 53.4 Å². The Bertz CT molecular complexity index is 1200. The van der Waals surface area contributed by atoms with Gasteiger partial charge in [0.25, 0.3) is 10.0 Å². The number of rotatable bonds is 6. The Morgan fingerprint density at radius 2 is 1.68 bits per heavy atom. The molecule has 2 N–H and O–H groups in total. The predicted octanol–water partition coefficient (Wildman–Crippen LogP) is 4.72. The summed E-state index contributed by atoms with van der Waals surface area (Å²) >= 11 is 5.69. The van der Waals surface area contributed by atoms with Crippen LogP contribution in [0, 0.1) is 12.7 Å². The van der Waals surface area contributed by atoms with Gasteiger partial charge in [-0.05, 0) is 62.2 Å². The average molecular weight is 462 g/mol. The first-order chi connectivity index (χ1) is 14.8. The number of nitrogens with zero attached hydrogens (tertiary/aromatic N) is 3. The summed E-state index contributed by atoms with van der Waals surface area (Å²) in [7, 11) is -3.90. The van der Waals surface area contributed by atoms with Crippen LogP contribution in [0.4, 0.5) is 27.5 Å². The third-order valence-electron chi connectivity index (χ3n) is 4.87. The summed E-state index contributed by atoms with van der Waals surface area (Å²) in [5, 5.41) is 2.90. The maximum atomic E-state index is 13.3. The molecule has 4 rings (SSSR count). The van der Waals surface area contributed by atoms with Crippen molar-refractivity contribution in [3.05, 3.63) is 65.1 Å². The van der Waals surface area contributed by atoms with Crippen LogP contribution < -0.4 is 14.9 Å². The van der Waals surface area contributed by atoms with Gasteiger partial charge >= 0.3 is 0 Å². The van der Waals surface area contributed by atoms with E-state index in [4.69, 9.17) is 11.6 Å². The van der Waals surface area contributed by atoms with Crippen molar-refractivity contribution in [1.29, 1.82) is 0 Å². The van der Waals surface area contributed by atoms with Crippen molar-refractivity contribution in [3.8, 4) is 0 Å². The van der Waals surface area contributed by atoms with Crippen LogP contribution in [0.1, 0.15) is 18.5 Å². The second kappa shape index (κ2) is 8.68. The highest BCUT2D eigenvalue weighted by atomic mass is 35.5. The van der Waals surface area contributed by atoms with E-state index in [1.165, 1.54) is 0 Å². The minimum atomic E-state index is -3.90. The van der Waals surface area contributed by atoms with Crippen LogP contribution in [-0.2, 0) is 10.0 Å². The number of halogens is 2. The van der Waals surface area contributed by atoms with Crippen molar-refractivity contribution in [2.75, 3.05) is 28.0 Å². The number of hydrogen-bond donors (Lipinski definition) is 2. The summed E-state index contributed by atoms with van der Waals surface area (Å²) in [5.74, 6) is 0.702. The number of benzene rings is 2. The lowest BCUT2D eigenvalue weighted by atomic mass is 10.3. The van der Waals surface area contributed by atoms with Gasteiger partial charge in [0.2, 0.25) is 5.95 Å². The molecular formula is C21H21ClFN5O2S. The second-order valence-electron chi connectivity index (χ2n) is 7.27. The molecule has 0 saturated carbocycles. The van der Waals surface area contributed by atoms with Gasteiger partial charge in [-0.2, -0.15) is 4.98 Å². The average Bonchev–Trinajstić information content (AvgIpc) is 3.26. The van der Waals surface area contributed by atoms with E-state index in [9.17, 15) is 12.8 Å². The molecule has 0 spiro atoms. The third-order valence-corrected chi connectivity index (χ3v) is 6.53. The fourth-order valence-electron chi connectivity index (χ4n) is 3.32. The Labute approximate surface area is 185 Å². The predicted molar refractivity (Wildman–Crippen MR) is 120 cm³/mol. The van der Waals surface area contributed by atoms with Gasteiger partial charge in [0.1, 0.15) is 11.6 Å². The van der Waals surface area contributed by atoms with E-state index in [-0.39, 0.29) is 9.92 Å². The zero-order valence-corrected chi connectivity index (χ0v) is 18.3. The molecule has 10 heteroatoms. The maximum absolute atomic E-state index is 13.3. The van der Waals surface area contributed by atoms with E-state index >= 15 is 0 Å². The molecule has 0 bridgehead atoms. The molecule has 2 heterocycles. The standard InChI is InChI=1S/C21H21ClFN5O2S/c1-14-12-20(28-10-2-3-11-28)26-21(24-14)25-15-4-6-16(7-5-15)27-31(29,30)17-8-9-19(23)18(22)13-17/h4-9,12-13,27H,2-3,10-11H2,1H3,(H,24,25,26). The minimum absolute atomic E-state index is 0.122. The third kappa shape index (κ3) is 5.05. The van der Waals surface area contributed by atoms with Crippen molar-refractivity contribution in [3.63, 3.8) is 0 Å². The largest absolute Gasteiger partial charge is 0.356 e. The van der Waals surface area contributed by atoms with Crippen molar-refractivity contribution >= 4 is 44.8 Å². The maximum Gasteiger partial charge on any atom is 0.261 e. The molecule has 1 aromatic heterocycles. The number of hydrogen-bond acceptors (Lipinski definition) is 6. The molecule has 1 saturated heterocycles. The highest BCUT2D eigenvalue weighted by Crippen LogP contribution is 2.24. The number of sulfonamides is 1. The Morgan fingerprint density at radius 1 is 1.00 bits per heavy atom. The van der Waals surface area contributed by atoms with Gasteiger partial charge in [-0.15, -0.1) is 0 Å². The molecule has 1 aliphatic heterocycles. The lowest BCUT2D eigenvalue weighted by Gasteiger charge is -2.17. The highest BCUT2D eigenvalue weighted by molar-refractivity contribution is 7.92. The van der Waals surface area contributed by atoms with Gasteiger partial charge in [0.15, 0.2) is 0 Å². The zero-order valence-electron chi connectivity index (χ0n) is 16.8. The van der Waals surface area contributed by atoms with E-state index in [1.54, 1.807) is 24.3 Å². The Kier molecular flexibility index (Phi) is 5.97. The summed E-state index contributed by atoms with van der Waals surface area (Å²) in [4.78, 5) is 11.1. The quantitative estimate of drug-likeness (QED) is 0.552. The van der Waals surface area contributed by atoms with E-state index in [0.717, 1.165) is 55.6 Å². The fraction of sp³-hybridized carbons (Fsp3) is 0.238. The SMILES string of the molecule is Cc1cc(N2CCCC2)nc(Nc2ccc(NS(=O)(=O)c3ccc(F)c(Cl)c3)cc2)n1. The molecule has 3 aromatic rings. The van der Waals surface area contributed by atoms with E-state index in [0.29, 0.717) is 17.3 Å². The number of nitrogens with one attached hydrogen (secondary N) is 2. The molecule has 1 fully saturated rings. The van der Waals surface area contributed by atoms with Gasteiger partial charge < -0.3 is 10.2 Å². The van der Waals surface area contributed by atoms with Crippen LogP contribution in [0.2, 0.25) is 5.02 Å². The van der Waals surface area contributed by atoms with Gasteiger partial charge in [0.05, 0.1) is 9.92 Å². The molecule has 1 aliphatic rings. The van der Waals surface area contributed by atoms with Crippen LogP contribution in [0.25, 0.3) is 0 Å². The lowest BCUT2D eigenvalue weighted by Crippen LogP contribution is -2.19. The summed E-state index contributed by atoms with van der Waals surface area (Å²) in [6.45, 7) is 3.90. The van der Waals surface area contributed by atoms with E-state index in [1.807, 2.05) is 13.0 Å². The topological polar surface area (TPSA) is 87.2 Å². The lowest BCUT2D eigenvalue weighted by molar-refractivity contribution is 0.599. The number of aryl methyl sites for hydroxylation is 1. The molecule has 0 aliphatic carbocycles. The first-order valence-electron chi connectivity index (χ1n) is 9.76. The number of aromatic nitrogens is 2. The molecular weight excluding hydrogens is 441 g/mol. The minimum Gasteiger partial charge on any atom is -0.356 e.